The van der Waals surface area contributed by atoms with E-state index in [0.29, 0.717) is 11.3 Å². The lowest BCUT2D eigenvalue weighted by atomic mass is 10.2. The molecule has 25 heavy (non-hydrogen) atoms. The van der Waals surface area contributed by atoms with Crippen molar-refractivity contribution in [2.75, 3.05) is 23.3 Å². The van der Waals surface area contributed by atoms with Gasteiger partial charge in [-0.3, -0.25) is 9.59 Å². The number of nitrogens with one attached hydrogen (secondary N) is 2. The van der Waals surface area contributed by atoms with E-state index in [1.165, 1.54) is 18.9 Å². The van der Waals surface area contributed by atoms with Crippen molar-refractivity contribution in [3.63, 3.8) is 0 Å². The SMILES string of the molecule is O=C(NCc1ccccc1F)C(=O)Nc1ccc(N2CCCC2)cc1. The molecule has 2 aromatic rings. The number of hydrogen-bond acceptors (Lipinski definition) is 3. The van der Waals surface area contributed by atoms with Gasteiger partial charge in [-0.2, -0.15) is 0 Å². The molecular formula is C19H20FN3O2. The fourth-order valence-electron chi connectivity index (χ4n) is 2.82. The summed E-state index contributed by atoms with van der Waals surface area (Å²) in [6, 6.07) is 13.5. The van der Waals surface area contributed by atoms with Crippen molar-refractivity contribution in [2.45, 2.75) is 19.4 Å². The van der Waals surface area contributed by atoms with Gasteiger partial charge in [0.15, 0.2) is 0 Å². The van der Waals surface area contributed by atoms with Gasteiger partial charge >= 0.3 is 11.8 Å². The maximum absolute atomic E-state index is 13.5. The Hall–Kier alpha value is -2.89. The van der Waals surface area contributed by atoms with E-state index >= 15 is 0 Å². The molecule has 1 fully saturated rings. The summed E-state index contributed by atoms with van der Waals surface area (Å²) in [6.07, 6.45) is 2.39. The van der Waals surface area contributed by atoms with E-state index in [9.17, 15) is 14.0 Å². The van der Waals surface area contributed by atoms with Gasteiger partial charge in [-0.05, 0) is 43.2 Å². The molecule has 2 aromatic carbocycles. The van der Waals surface area contributed by atoms with Gasteiger partial charge in [-0.25, -0.2) is 4.39 Å². The first kappa shape index (κ1) is 17.0. The van der Waals surface area contributed by atoms with E-state index < -0.39 is 17.6 Å². The second kappa shape index (κ2) is 7.79. The van der Waals surface area contributed by atoms with Crippen LogP contribution >= 0.6 is 0 Å². The maximum Gasteiger partial charge on any atom is 0.313 e. The van der Waals surface area contributed by atoms with Crippen molar-refractivity contribution in [3.05, 3.63) is 59.9 Å². The summed E-state index contributed by atoms with van der Waals surface area (Å²) < 4.78 is 13.5. The maximum atomic E-state index is 13.5. The Morgan fingerprint density at radius 3 is 2.32 bits per heavy atom. The van der Waals surface area contributed by atoms with Gasteiger partial charge in [-0.15, -0.1) is 0 Å². The highest BCUT2D eigenvalue weighted by atomic mass is 19.1. The van der Waals surface area contributed by atoms with Crippen LogP contribution in [0.2, 0.25) is 0 Å². The molecule has 2 amide bonds. The molecule has 1 aliphatic heterocycles. The zero-order chi connectivity index (χ0) is 17.6. The number of benzene rings is 2. The van der Waals surface area contributed by atoms with Gasteiger partial charge in [0.1, 0.15) is 5.82 Å². The van der Waals surface area contributed by atoms with Crippen molar-refractivity contribution in [3.8, 4) is 0 Å². The summed E-state index contributed by atoms with van der Waals surface area (Å²) in [6.45, 7) is 2.06. The quantitative estimate of drug-likeness (QED) is 0.841. The zero-order valence-corrected chi connectivity index (χ0v) is 13.8. The minimum Gasteiger partial charge on any atom is -0.372 e. The number of carbonyl (C=O) groups is 2. The first-order chi connectivity index (χ1) is 12.1. The molecule has 2 N–H and O–H groups in total. The molecule has 0 unspecified atom stereocenters. The predicted molar refractivity (Wildman–Crippen MR) is 94.8 cm³/mol. The molecule has 0 saturated carbocycles. The van der Waals surface area contributed by atoms with E-state index in [0.717, 1.165) is 18.8 Å². The van der Waals surface area contributed by atoms with Crippen LogP contribution in [-0.4, -0.2) is 24.9 Å². The van der Waals surface area contributed by atoms with Crippen LogP contribution in [0.1, 0.15) is 18.4 Å². The normalized spacial score (nSPS) is 13.6. The van der Waals surface area contributed by atoms with Crippen LogP contribution < -0.4 is 15.5 Å². The molecule has 0 aromatic heterocycles. The first-order valence-electron chi connectivity index (χ1n) is 8.31. The lowest BCUT2D eigenvalue weighted by Crippen LogP contribution is -2.35. The number of halogens is 1. The highest BCUT2D eigenvalue weighted by Crippen LogP contribution is 2.21. The zero-order valence-electron chi connectivity index (χ0n) is 13.8. The van der Waals surface area contributed by atoms with Crippen LogP contribution in [0, 0.1) is 5.82 Å². The summed E-state index contributed by atoms with van der Waals surface area (Å²) in [5, 5.41) is 4.96. The topological polar surface area (TPSA) is 61.4 Å². The number of amides is 2. The Morgan fingerprint density at radius 1 is 0.960 bits per heavy atom. The molecule has 5 nitrogen and oxygen atoms in total. The second-order valence-corrected chi connectivity index (χ2v) is 5.97. The summed E-state index contributed by atoms with van der Waals surface area (Å²) in [5.41, 5.74) is 1.99. The van der Waals surface area contributed by atoms with Gasteiger partial charge in [-0.1, -0.05) is 18.2 Å². The molecule has 0 spiro atoms. The monoisotopic (exact) mass is 341 g/mol. The highest BCUT2D eigenvalue weighted by Gasteiger charge is 2.15. The van der Waals surface area contributed by atoms with Gasteiger partial charge in [0.05, 0.1) is 0 Å². The van der Waals surface area contributed by atoms with Gasteiger partial charge in [0, 0.05) is 36.6 Å². The fourth-order valence-corrected chi connectivity index (χ4v) is 2.82. The average Bonchev–Trinajstić information content (AvgIpc) is 3.16. The number of carbonyl (C=O) groups excluding carboxylic acids is 2. The Balaban J connectivity index is 1.52. The molecular weight excluding hydrogens is 321 g/mol. The van der Waals surface area contributed by atoms with Crippen LogP contribution in [0.3, 0.4) is 0 Å². The summed E-state index contributed by atoms with van der Waals surface area (Å²) >= 11 is 0. The van der Waals surface area contributed by atoms with Crippen molar-refractivity contribution >= 4 is 23.2 Å². The summed E-state index contributed by atoms with van der Waals surface area (Å²) in [5.74, 6) is -1.99. The van der Waals surface area contributed by atoms with Crippen LogP contribution in [-0.2, 0) is 16.1 Å². The van der Waals surface area contributed by atoms with Gasteiger partial charge in [0.25, 0.3) is 0 Å². The van der Waals surface area contributed by atoms with Crippen molar-refractivity contribution in [2.24, 2.45) is 0 Å². The van der Waals surface area contributed by atoms with Crippen LogP contribution in [0.25, 0.3) is 0 Å². The average molecular weight is 341 g/mol. The lowest BCUT2D eigenvalue weighted by Gasteiger charge is -2.17. The van der Waals surface area contributed by atoms with E-state index in [1.807, 2.05) is 12.1 Å². The Labute approximate surface area is 145 Å². The number of nitrogens with zero attached hydrogens (tertiary/aromatic N) is 1. The van der Waals surface area contributed by atoms with Crippen LogP contribution in [0.5, 0.6) is 0 Å². The minimum absolute atomic E-state index is 0.0349. The molecule has 1 aliphatic rings. The van der Waals surface area contributed by atoms with E-state index in [-0.39, 0.29) is 6.54 Å². The number of rotatable bonds is 4. The van der Waals surface area contributed by atoms with Gasteiger partial charge in [0.2, 0.25) is 0 Å². The van der Waals surface area contributed by atoms with Crippen LogP contribution in [0.15, 0.2) is 48.5 Å². The number of anilines is 2. The highest BCUT2D eigenvalue weighted by molar-refractivity contribution is 6.39. The third-order valence-corrected chi connectivity index (χ3v) is 4.20. The molecule has 0 radical (unpaired) electrons. The Morgan fingerprint density at radius 2 is 1.64 bits per heavy atom. The smallest absolute Gasteiger partial charge is 0.313 e. The minimum atomic E-state index is -0.799. The molecule has 0 aliphatic carbocycles. The molecule has 0 bridgehead atoms. The largest absolute Gasteiger partial charge is 0.372 e. The third-order valence-electron chi connectivity index (χ3n) is 4.20. The predicted octanol–water partition coefficient (Wildman–Crippen LogP) is 2.68. The summed E-state index contributed by atoms with van der Waals surface area (Å²) in [4.78, 5) is 26.1. The third kappa shape index (κ3) is 4.35. The van der Waals surface area contributed by atoms with Crippen LogP contribution in [0.4, 0.5) is 15.8 Å². The summed E-state index contributed by atoms with van der Waals surface area (Å²) in [7, 11) is 0. The molecule has 1 heterocycles. The van der Waals surface area contributed by atoms with E-state index in [1.54, 1.807) is 30.3 Å². The fraction of sp³-hybridized carbons (Fsp3) is 0.263. The first-order valence-corrected chi connectivity index (χ1v) is 8.31. The molecule has 0 atom stereocenters. The van der Waals surface area contributed by atoms with Crippen molar-refractivity contribution < 1.29 is 14.0 Å². The van der Waals surface area contributed by atoms with E-state index in [4.69, 9.17) is 0 Å². The Kier molecular flexibility index (Phi) is 5.28. The Bertz CT molecular complexity index is 756. The molecule has 6 heteroatoms. The molecule has 1 saturated heterocycles. The lowest BCUT2D eigenvalue weighted by molar-refractivity contribution is -0.136. The number of hydrogen-bond donors (Lipinski definition) is 2. The van der Waals surface area contributed by atoms with E-state index in [2.05, 4.69) is 15.5 Å². The molecule has 3 rings (SSSR count). The molecule has 130 valence electrons. The standard InChI is InChI=1S/C19H20FN3O2/c20-17-6-2-1-5-14(17)13-21-18(24)19(25)22-15-7-9-16(10-8-15)23-11-3-4-12-23/h1-2,5-10H,3-4,11-13H2,(H,21,24)(H,22,25). The second-order valence-electron chi connectivity index (χ2n) is 5.97. The van der Waals surface area contributed by atoms with Crippen molar-refractivity contribution in [1.29, 1.82) is 0 Å². The van der Waals surface area contributed by atoms with Gasteiger partial charge < -0.3 is 15.5 Å². The van der Waals surface area contributed by atoms with Crippen molar-refractivity contribution in [1.82, 2.24) is 5.32 Å².